The molecule has 0 unspecified atom stereocenters. The van der Waals surface area contributed by atoms with Crippen molar-refractivity contribution < 1.29 is 9.15 Å². The predicted molar refractivity (Wildman–Crippen MR) is 127 cm³/mol. The van der Waals surface area contributed by atoms with Crippen molar-refractivity contribution in [3.63, 3.8) is 0 Å². The number of rotatable bonds is 9. The van der Waals surface area contributed by atoms with Crippen LogP contribution in [-0.2, 0) is 13.0 Å². The lowest BCUT2D eigenvalue weighted by atomic mass is 9.98. The van der Waals surface area contributed by atoms with Crippen LogP contribution >= 0.6 is 0 Å². The molecule has 3 aromatic carbocycles. The standard InChI is InChI=1S/C28H28O3/c1-2-3-4-9-16-23-17-25-24(22-14-10-6-11-15-22)18-28(29)31-27(25)19-26(23)30-20-21-12-7-5-8-13-21/h5-8,10-15,17-19H,2-4,9,16,20H2,1H3. The molecule has 1 aromatic heterocycles. The zero-order valence-electron chi connectivity index (χ0n) is 18.0. The third-order valence-electron chi connectivity index (χ3n) is 5.55. The highest BCUT2D eigenvalue weighted by Crippen LogP contribution is 2.33. The predicted octanol–water partition coefficient (Wildman–Crippen LogP) is 7.16. The summed E-state index contributed by atoms with van der Waals surface area (Å²) in [5, 5.41) is 0.948. The molecule has 158 valence electrons. The first kappa shape index (κ1) is 20.9. The largest absolute Gasteiger partial charge is 0.488 e. The Kier molecular flexibility index (Phi) is 6.83. The normalized spacial score (nSPS) is 11.0. The van der Waals surface area contributed by atoms with Crippen molar-refractivity contribution in [2.75, 3.05) is 0 Å². The molecule has 4 aromatic rings. The van der Waals surface area contributed by atoms with Crippen LogP contribution in [-0.4, -0.2) is 0 Å². The molecule has 0 radical (unpaired) electrons. The molecule has 0 bridgehead atoms. The Morgan fingerprint density at radius 1 is 0.839 bits per heavy atom. The second-order valence-corrected chi connectivity index (χ2v) is 7.89. The fourth-order valence-corrected chi connectivity index (χ4v) is 3.90. The van der Waals surface area contributed by atoms with Gasteiger partial charge in [0.15, 0.2) is 0 Å². The summed E-state index contributed by atoms with van der Waals surface area (Å²) in [6, 6.07) is 25.7. The fourth-order valence-electron chi connectivity index (χ4n) is 3.90. The number of hydrogen-bond acceptors (Lipinski definition) is 3. The number of unbranched alkanes of at least 4 members (excludes halogenated alkanes) is 3. The summed E-state index contributed by atoms with van der Waals surface area (Å²) < 4.78 is 11.8. The van der Waals surface area contributed by atoms with E-state index < -0.39 is 0 Å². The minimum Gasteiger partial charge on any atom is -0.488 e. The molecule has 0 aliphatic rings. The Morgan fingerprint density at radius 3 is 2.32 bits per heavy atom. The van der Waals surface area contributed by atoms with Crippen molar-refractivity contribution in [3.8, 4) is 16.9 Å². The molecule has 4 rings (SSSR count). The molecule has 31 heavy (non-hydrogen) atoms. The van der Waals surface area contributed by atoms with E-state index >= 15 is 0 Å². The smallest absolute Gasteiger partial charge is 0.336 e. The molecule has 1 heterocycles. The van der Waals surface area contributed by atoms with E-state index in [9.17, 15) is 4.79 Å². The average Bonchev–Trinajstić information content (AvgIpc) is 2.81. The summed E-state index contributed by atoms with van der Waals surface area (Å²) in [5.41, 5.74) is 4.39. The van der Waals surface area contributed by atoms with Crippen LogP contribution in [0, 0.1) is 0 Å². The van der Waals surface area contributed by atoms with Crippen molar-refractivity contribution >= 4 is 11.0 Å². The molecule has 0 aliphatic heterocycles. The second kappa shape index (κ2) is 10.1. The first-order valence-corrected chi connectivity index (χ1v) is 11.1. The van der Waals surface area contributed by atoms with Gasteiger partial charge in [0, 0.05) is 17.5 Å². The van der Waals surface area contributed by atoms with E-state index in [0.29, 0.717) is 12.2 Å². The molecule has 0 saturated heterocycles. The number of fused-ring (bicyclic) bond motifs is 1. The average molecular weight is 413 g/mol. The van der Waals surface area contributed by atoms with Crippen molar-refractivity contribution in [3.05, 3.63) is 100 Å². The maximum Gasteiger partial charge on any atom is 0.336 e. The van der Waals surface area contributed by atoms with Gasteiger partial charge >= 0.3 is 5.63 Å². The van der Waals surface area contributed by atoms with E-state index in [2.05, 4.69) is 25.1 Å². The van der Waals surface area contributed by atoms with E-state index in [1.165, 1.54) is 19.3 Å². The second-order valence-electron chi connectivity index (χ2n) is 7.89. The summed E-state index contributed by atoms with van der Waals surface area (Å²) in [6.07, 6.45) is 5.68. The van der Waals surface area contributed by atoms with Crippen LogP contribution in [0.25, 0.3) is 22.1 Å². The van der Waals surface area contributed by atoms with Gasteiger partial charge in [-0.05, 0) is 41.2 Å². The van der Waals surface area contributed by atoms with Gasteiger partial charge in [-0.3, -0.25) is 0 Å². The van der Waals surface area contributed by atoms with E-state index in [-0.39, 0.29) is 5.63 Å². The van der Waals surface area contributed by atoms with Gasteiger partial charge in [-0.2, -0.15) is 0 Å². The molecule has 0 amide bonds. The summed E-state index contributed by atoms with van der Waals surface area (Å²) in [6.45, 7) is 2.70. The molecule has 0 saturated carbocycles. The highest BCUT2D eigenvalue weighted by molar-refractivity contribution is 5.94. The zero-order chi connectivity index (χ0) is 21.5. The number of benzene rings is 3. The lowest BCUT2D eigenvalue weighted by molar-refractivity contribution is 0.302. The molecule has 0 atom stereocenters. The first-order chi connectivity index (χ1) is 15.2. The topological polar surface area (TPSA) is 39.4 Å². The van der Waals surface area contributed by atoms with E-state index in [1.54, 1.807) is 6.07 Å². The summed E-state index contributed by atoms with van der Waals surface area (Å²) in [5.74, 6) is 0.793. The zero-order valence-corrected chi connectivity index (χ0v) is 18.0. The van der Waals surface area contributed by atoms with Gasteiger partial charge in [0.1, 0.15) is 17.9 Å². The SMILES string of the molecule is CCCCCCc1cc2c(-c3ccccc3)cc(=O)oc2cc1OCc1ccccc1. The fraction of sp³-hybridized carbons (Fsp3) is 0.250. The lowest BCUT2D eigenvalue weighted by Gasteiger charge is -2.14. The monoisotopic (exact) mass is 412 g/mol. The number of hydrogen-bond donors (Lipinski definition) is 0. The van der Waals surface area contributed by atoms with Gasteiger partial charge in [-0.1, -0.05) is 86.8 Å². The molecular weight excluding hydrogens is 384 g/mol. The lowest BCUT2D eigenvalue weighted by Crippen LogP contribution is -2.02. The third kappa shape index (κ3) is 5.24. The molecule has 0 N–H and O–H groups in total. The first-order valence-electron chi connectivity index (χ1n) is 11.1. The Bertz CT molecular complexity index is 1180. The Morgan fingerprint density at radius 2 is 1.58 bits per heavy atom. The van der Waals surface area contributed by atoms with E-state index in [0.717, 1.165) is 46.2 Å². The molecule has 0 aliphatic carbocycles. The van der Waals surface area contributed by atoms with Gasteiger partial charge in [0.25, 0.3) is 0 Å². The summed E-state index contributed by atoms with van der Waals surface area (Å²) >= 11 is 0. The highest BCUT2D eigenvalue weighted by atomic mass is 16.5. The van der Waals surface area contributed by atoms with Crippen molar-refractivity contribution in [2.45, 2.75) is 45.6 Å². The highest BCUT2D eigenvalue weighted by Gasteiger charge is 2.13. The summed E-state index contributed by atoms with van der Waals surface area (Å²) in [7, 11) is 0. The Hall–Kier alpha value is -3.33. The summed E-state index contributed by atoms with van der Waals surface area (Å²) in [4.78, 5) is 12.3. The maximum atomic E-state index is 12.3. The van der Waals surface area contributed by atoms with Crippen LogP contribution < -0.4 is 10.4 Å². The molecular formula is C28H28O3. The quantitative estimate of drug-likeness (QED) is 0.216. The van der Waals surface area contributed by atoms with Gasteiger partial charge in [0.2, 0.25) is 0 Å². The van der Waals surface area contributed by atoms with Crippen LogP contribution in [0.2, 0.25) is 0 Å². The van der Waals surface area contributed by atoms with Gasteiger partial charge < -0.3 is 9.15 Å². The number of aryl methyl sites for hydroxylation is 1. The van der Waals surface area contributed by atoms with Gasteiger partial charge in [0.05, 0.1) is 0 Å². The van der Waals surface area contributed by atoms with Gasteiger partial charge in [-0.25, -0.2) is 4.79 Å². The minimum atomic E-state index is -0.351. The molecule has 3 heteroatoms. The van der Waals surface area contributed by atoms with Crippen LogP contribution in [0.15, 0.2) is 88.1 Å². The van der Waals surface area contributed by atoms with Crippen molar-refractivity contribution in [2.24, 2.45) is 0 Å². The van der Waals surface area contributed by atoms with Crippen molar-refractivity contribution in [1.82, 2.24) is 0 Å². The molecule has 0 fully saturated rings. The van der Waals surface area contributed by atoms with Crippen LogP contribution in [0.3, 0.4) is 0 Å². The Balaban J connectivity index is 1.74. The minimum absolute atomic E-state index is 0.351. The number of ether oxygens (including phenoxy) is 1. The van der Waals surface area contributed by atoms with Crippen LogP contribution in [0.5, 0.6) is 5.75 Å². The van der Waals surface area contributed by atoms with Gasteiger partial charge in [-0.15, -0.1) is 0 Å². The molecule has 3 nitrogen and oxygen atoms in total. The van der Waals surface area contributed by atoms with Crippen LogP contribution in [0.4, 0.5) is 0 Å². The Labute approximate surface area is 183 Å². The van der Waals surface area contributed by atoms with Crippen LogP contribution in [0.1, 0.15) is 43.7 Å². The molecule has 0 spiro atoms. The maximum absolute atomic E-state index is 12.3. The van der Waals surface area contributed by atoms with E-state index in [4.69, 9.17) is 9.15 Å². The van der Waals surface area contributed by atoms with E-state index in [1.807, 2.05) is 54.6 Å². The van der Waals surface area contributed by atoms with Crippen molar-refractivity contribution in [1.29, 1.82) is 0 Å². The third-order valence-corrected chi connectivity index (χ3v) is 5.55.